The van der Waals surface area contributed by atoms with E-state index in [2.05, 4.69) is 55.2 Å². The molecule has 0 aliphatic heterocycles. The molecule has 3 aliphatic carbocycles. The fraction of sp³-hybridized carbons (Fsp3) is 0.600. The lowest BCUT2D eigenvalue weighted by Gasteiger charge is -2.51. The van der Waals surface area contributed by atoms with Crippen molar-refractivity contribution in [1.29, 1.82) is 0 Å². The standard InChI is InChI=1S/C25H30Br2N2O3S/c1-12-11-28-24(33-12)29-20(31)6-3-13-9-19(30)25(2)8-7-14-15(21(13)25)4-5-16-17(14)10-18(26)23(32)22(16)27/h10-11,13-15,19,21,30,32H,3-9H2,1-2H3,(H,28,29,31)/t13-,14?,15?,19+,21?,25-/m1/s1. The number of aliphatic hydroxyl groups is 1. The fourth-order valence-electron chi connectivity index (χ4n) is 7.10. The Bertz CT molecular complexity index is 1090. The first kappa shape index (κ1) is 23.8. The summed E-state index contributed by atoms with van der Waals surface area (Å²) in [4.78, 5) is 17.9. The van der Waals surface area contributed by atoms with Gasteiger partial charge in [-0.1, -0.05) is 6.92 Å². The predicted molar refractivity (Wildman–Crippen MR) is 138 cm³/mol. The summed E-state index contributed by atoms with van der Waals surface area (Å²) in [5, 5.41) is 25.1. The van der Waals surface area contributed by atoms with Crippen LogP contribution >= 0.6 is 43.2 Å². The molecule has 1 heterocycles. The van der Waals surface area contributed by atoms with Gasteiger partial charge in [0.25, 0.3) is 0 Å². The molecule has 0 radical (unpaired) electrons. The molecule has 2 aromatic rings. The van der Waals surface area contributed by atoms with Crippen LogP contribution in [0.15, 0.2) is 21.2 Å². The SMILES string of the molecule is Cc1cnc(NC(=O)CC[C@@H]2C[C@H](O)[C@@]3(C)CCC4c5cc(Br)c(O)c(Br)c5CCC4C23)s1. The van der Waals surface area contributed by atoms with Crippen molar-refractivity contribution in [3.8, 4) is 5.75 Å². The van der Waals surface area contributed by atoms with Crippen molar-refractivity contribution in [3.63, 3.8) is 0 Å². The quantitative estimate of drug-likeness (QED) is 0.373. The number of amides is 1. The monoisotopic (exact) mass is 596 g/mol. The molecule has 0 saturated heterocycles. The average Bonchev–Trinajstić information content (AvgIpc) is 3.30. The number of carbonyl (C=O) groups is 1. The number of phenolic OH excluding ortho intramolecular Hbond substituents is 1. The first-order valence-corrected chi connectivity index (χ1v) is 14.2. The Hall–Kier alpha value is -0.960. The summed E-state index contributed by atoms with van der Waals surface area (Å²) in [7, 11) is 0. The zero-order valence-corrected chi connectivity index (χ0v) is 22.9. The number of anilines is 1. The van der Waals surface area contributed by atoms with E-state index in [1.807, 2.05) is 6.92 Å². The molecule has 1 amide bonds. The zero-order chi connectivity index (χ0) is 23.5. The van der Waals surface area contributed by atoms with E-state index in [-0.39, 0.29) is 23.2 Å². The largest absolute Gasteiger partial charge is 0.506 e. The van der Waals surface area contributed by atoms with E-state index in [0.717, 1.165) is 52.3 Å². The number of rotatable bonds is 4. The van der Waals surface area contributed by atoms with Gasteiger partial charge in [-0.25, -0.2) is 4.98 Å². The normalized spacial score (nSPS) is 32.7. The van der Waals surface area contributed by atoms with Gasteiger partial charge in [-0.15, -0.1) is 11.3 Å². The van der Waals surface area contributed by atoms with Crippen LogP contribution in [0.1, 0.15) is 67.4 Å². The third-order valence-corrected chi connectivity index (χ3v) is 10.9. The molecule has 178 valence electrons. The summed E-state index contributed by atoms with van der Waals surface area (Å²) >= 11 is 8.65. The maximum absolute atomic E-state index is 12.6. The van der Waals surface area contributed by atoms with E-state index in [1.54, 1.807) is 6.20 Å². The maximum atomic E-state index is 12.6. The number of aromatic hydroxyl groups is 1. The summed E-state index contributed by atoms with van der Waals surface area (Å²) in [6.07, 6.45) is 7.55. The lowest BCUT2D eigenvalue weighted by atomic mass is 9.53. The Morgan fingerprint density at radius 3 is 2.88 bits per heavy atom. The maximum Gasteiger partial charge on any atom is 0.226 e. The van der Waals surface area contributed by atoms with Crippen molar-refractivity contribution < 1.29 is 15.0 Å². The molecule has 33 heavy (non-hydrogen) atoms. The van der Waals surface area contributed by atoms with E-state index < -0.39 is 0 Å². The molecule has 0 spiro atoms. The number of phenols is 1. The number of aromatic nitrogens is 1. The molecule has 1 aromatic heterocycles. The van der Waals surface area contributed by atoms with Gasteiger partial charge in [0.15, 0.2) is 5.13 Å². The molecule has 3 N–H and O–H groups in total. The smallest absolute Gasteiger partial charge is 0.226 e. The van der Waals surface area contributed by atoms with Gasteiger partial charge in [0, 0.05) is 17.5 Å². The summed E-state index contributed by atoms with van der Waals surface area (Å²) in [5.41, 5.74) is 2.48. The number of aryl methyl sites for hydroxylation is 1. The Balaban J connectivity index is 1.36. The van der Waals surface area contributed by atoms with E-state index in [0.29, 0.717) is 35.2 Å². The first-order valence-electron chi connectivity index (χ1n) is 11.8. The number of fused-ring (bicyclic) bond motifs is 5. The lowest BCUT2D eigenvalue weighted by Crippen LogP contribution is -2.45. The molecule has 1 aromatic carbocycles. The van der Waals surface area contributed by atoms with Crippen LogP contribution in [-0.2, 0) is 11.2 Å². The highest BCUT2D eigenvalue weighted by atomic mass is 79.9. The highest BCUT2D eigenvalue weighted by Crippen LogP contribution is 2.64. The van der Waals surface area contributed by atoms with Crippen LogP contribution in [-0.4, -0.2) is 27.2 Å². The number of hydrogen-bond donors (Lipinski definition) is 3. The minimum atomic E-state index is -0.308. The molecule has 5 nitrogen and oxygen atoms in total. The van der Waals surface area contributed by atoms with Gasteiger partial charge in [0.05, 0.1) is 15.0 Å². The number of benzene rings is 1. The number of carbonyl (C=O) groups excluding carboxylic acids is 1. The molecule has 3 aliphatic rings. The molecule has 2 fully saturated rings. The lowest BCUT2D eigenvalue weighted by molar-refractivity contribution is -0.116. The summed E-state index contributed by atoms with van der Waals surface area (Å²) < 4.78 is 1.55. The molecule has 3 unspecified atom stereocenters. The van der Waals surface area contributed by atoms with Gasteiger partial charge in [0.1, 0.15) is 5.75 Å². The Morgan fingerprint density at radius 2 is 2.15 bits per heavy atom. The highest BCUT2D eigenvalue weighted by molar-refractivity contribution is 9.11. The number of thiazole rings is 1. The van der Waals surface area contributed by atoms with Crippen molar-refractivity contribution in [2.24, 2.45) is 23.2 Å². The minimum absolute atomic E-state index is 0.0112. The van der Waals surface area contributed by atoms with Crippen LogP contribution in [0.4, 0.5) is 5.13 Å². The molecule has 0 bridgehead atoms. The van der Waals surface area contributed by atoms with Crippen LogP contribution in [0.25, 0.3) is 0 Å². The minimum Gasteiger partial charge on any atom is -0.506 e. The molecule has 2 saturated carbocycles. The summed E-state index contributed by atoms with van der Waals surface area (Å²) in [5.74, 6) is 1.96. The first-order chi connectivity index (χ1) is 15.7. The van der Waals surface area contributed by atoms with E-state index in [9.17, 15) is 15.0 Å². The Labute approximate surface area is 215 Å². The van der Waals surface area contributed by atoms with Gasteiger partial charge in [-0.2, -0.15) is 0 Å². The van der Waals surface area contributed by atoms with E-state index >= 15 is 0 Å². The van der Waals surface area contributed by atoms with Crippen LogP contribution in [0.5, 0.6) is 5.75 Å². The van der Waals surface area contributed by atoms with Gasteiger partial charge < -0.3 is 15.5 Å². The van der Waals surface area contributed by atoms with Crippen molar-refractivity contribution in [2.75, 3.05) is 5.32 Å². The van der Waals surface area contributed by atoms with Crippen LogP contribution in [0.2, 0.25) is 0 Å². The van der Waals surface area contributed by atoms with Crippen molar-refractivity contribution >= 4 is 54.2 Å². The average molecular weight is 598 g/mol. The molecular formula is C25H30Br2N2O3S. The molecule has 5 rings (SSSR count). The van der Waals surface area contributed by atoms with Crippen molar-refractivity contribution in [1.82, 2.24) is 4.98 Å². The van der Waals surface area contributed by atoms with Crippen molar-refractivity contribution in [2.45, 2.75) is 70.8 Å². The van der Waals surface area contributed by atoms with Gasteiger partial charge in [0.2, 0.25) is 5.91 Å². The number of halogens is 2. The van der Waals surface area contributed by atoms with Crippen LogP contribution in [0, 0.1) is 30.1 Å². The molecular weight excluding hydrogens is 568 g/mol. The number of hydrogen-bond acceptors (Lipinski definition) is 5. The molecule has 8 heteroatoms. The van der Waals surface area contributed by atoms with Crippen LogP contribution in [0.3, 0.4) is 0 Å². The highest BCUT2D eigenvalue weighted by Gasteiger charge is 2.58. The van der Waals surface area contributed by atoms with Crippen LogP contribution < -0.4 is 5.32 Å². The second-order valence-electron chi connectivity index (χ2n) is 10.3. The second-order valence-corrected chi connectivity index (χ2v) is 13.2. The van der Waals surface area contributed by atoms with E-state index in [1.165, 1.54) is 22.5 Å². The van der Waals surface area contributed by atoms with Gasteiger partial charge >= 0.3 is 0 Å². The summed E-state index contributed by atoms with van der Waals surface area (Å²) in [6, 6.07) is 2.11. The number of nitrogens with one attached hydrogen (secondary N) is 1. The number of nitrogens with zero attached hydrogens (tertiary/aromatic N) is 1. The third kappa shape index (κ3) is 4.09. The third-order valence-electron chi connectivity index (χ3n) is 8.60. The van der Waals surface area contributed by atoms with Gasteiger partial charge in [-0.05, 0) is 124 Å². The van der Waals surface area contributed by atoms with E-state index in [4.69, 9.17) is 0 Å². The second kappa shape index (κ2) is 8.92. The fourth-order valence-corrected chi connectivity index (χ4v) is 9.14. The Kier molecular flexibility index (Phi) is 6.42. The zero-order valence-electron chi connectivity index (χ0n) is 18.9. The topological polar surface area (TPSA) is 82.5 Å². The Morgan fingerprint density at radius 1 is 1.36 bits per heavy atom. The number of aliphatic hydroxyl groups excluding tert-OH is 1. The van der Waals surface area contributed by atoms with Gasteiger partial charge in [-0.3, -0.25) is 4.79 Å². The van der Waals surface area contributed by atoms with Crippen molar-refractivity contribution in [3.05, 3.63) is 37.2 Å². The summed E-state index contributed by atoms with van der Waals surface area (Å²) in [6.45, 7) is 4.25. The molecule has 6 atom stereocenters. The predicted octanol–water partition coefficient (Wildman–Crippen LogP) is 6.54.